The molecule has 11 nitrogen and oxygen atoms in total. The van der Waals surface area contributed by atoms with Gasteiger partial charge >= 0.3 is 5.97 Å². The van der Waals surface area contributed by atoms with Crippen LogP contribution in [0, 0.1) is 5.41 Å². The first-order valence-corrected chi connectivity index (χ1v) is 13.5. The normalized spacial score (nSPS) is 11.2. The fourth-order valence-corrected chi connectivity index (χ4v) is 4.25. The predicted octanol–water partition coefficient (Wildman–Crippen LogP) is 4.14. The van der Waals surface area contributed by atoms with Gasteiger partial charge in [0.1, 0.15) is 17.4 Å². The van der Waals surface area contributed by atoms with E-state index in [1.807, 2.05) is 18.2 Å². The number of methoxy groups -OCH3 is 2. The first-order chi connectivity index (χ1) is 20.8. The van der Waals surface area contributed by atoms with Gasteiger partial charge in [0.15, 0.2) is 11.5 Å². The molecule has 0 saturated carbocycles. The van der Waals surface area contributed by atoms with Gasteiger partial charge in [0, 0.05) is 48.2 Å². The Labute approximate surface area is 249 Å². The van der Waals surface area contributed by atoms with Crippen molar-refractivity contribution in [1.82, 2.24) is 4.98 Å². The Kier molecular flexibility index (Phi) is 10.3. The van der Waals surface area contributed by atoms with Crippen LogP contribution in [0.3, 0.4) is 0 Å². The van der Waals surface area contributed by atoms with Crippen LogP contribution in [0.1, 0.15) is 33.9 Å². The summed E-state index contributed by atoms with van der Waals surface area (Å²) in [6.45, 7) is 0.426. The van der Waals surface area contributed by atoms with Crippen LogP contribution >= 0.6 is 0 Å². The summed E-state index contributed by atoms with van der Waals surface area (Å²) < 4.78 is 16.0. The zero-order valence-corrected chi connectivity index (χ0v) is 23.9. The van der Waals surface area contributed by atoms with Crippen molar-refractivity contribution in [2.24, 2.45) is 11.5 Å². The van der Waals surface area contributed by atoms with E-state index in [0.717, 1.165) is 11.3 Å². The first kappa shape index (κ1) is 30.5. The Hall–Kier alpha value is -5.42. The SMILES string of the molecule is COc1ccc(OC)c(OC(=O)CCN(C(=O)c2cccc(C(N)CNc3ccc(C(=N)N)cc3)c2)c2ccccn2)c1. The van der Waals surface area contributed by atoms with Crippen LogP contribution in [0.4, 0.5) is 11.5 Å². The second kappa shape index (κ2) is 14.5. The Morgan fingerprint density at radius 3 is 2.40 bits per heavy atom. The number of pyridine rings is 1. The number of anilines is 2. The number of amidine groups is 1. The minimum absolute atomic E-state index is 0.00142. The van der Waals surface area contributed by atoms with Crippen LogP contribution in [0.2, 0.25) is 0 Å². The van der Waals surface area contributed by atoms with E-state index >= 15 is 0 Å². The second-order valence-corrected chi connectivity index (χ2v) is 9.49. The third-order valence-electron chi connectivity index (χ3n) is 6.59. The summed E-state index contributed by atoms with van der Waals surface area (Å²) in [4.78, 5) is 32.4. The average molecular weight is 583 g/mol. The Morgan fingerprint density at radius 1 is 0.930 bits per heavy atom. The molecule has 0 aliphatic carbocycles. The smallest absolute Gasteiger partial charge is 0.313 e. The number of carbonyl (C=O) groups is 2. The molecule has 0 spiro atoms. The van der Waals surface area contributed by atoms with Gasteiger partial charge in [0.05, 0.1) is 20.6 Å². The van der Waals surface area contributed by atoms with Crippen LogP contribution in [0.25, 0.3) is 0 Å². The Balaban J connectivity index is 1.46. The number of nitrogens with two attached hydrogens (primary N) is 2. The van der Waals surface area contributed by atoms with Gasteiger partial charge in [-0.2, -0.15) is 0 Å². The van der Waals surface area contributed by atoms with E-state index in [2.05, 4.69) is 10.3 Å². The molecule has 1 atom stereocenters. The van der Waals surface area contributed by atoms with Crippen LogP contribution in [0.15, 0.2) is 91.1 Å². The van der Waals surface area contributed by atoms with Crippen molar-refractivity contribution >= 4 is 29.2 Å². The van der Waals surface area contributed by atoms with Crippen LogP contribution in [-0.2, 0) is 4.79 Å². The molecule has 4 aromatic rings. The molecule has 1 unspecified atom stereocenters. The van der Waals surface area contributed by atoms with Gasteiger partial charge in [-0.3, -0.25) is 19.9 Å². The third kappa shape index (κ3) is 8.08. The summed E-state index contributed by atoms with van der Waals surface area (Å²) in [6.07, 6.45) is 1.48. The molecule has 0 aliphatic heterocycles. The van der Waals surface area contributed by atoms with Crippen molar-refractivity contribution < 1.29 is 23.8 Å². The lowest BCUT2D eigenvalue weighted by Crippen LogP contribution is -2.34. The van der Waals surface area contributed by atoms with E-state index in [4.69, 9.17) is 31.1 Å². The predicted molar refractivity (Wildman–Crippen MR) is 165 cm³/mol. The molecule has 1 aromatic heterocycles. The molecule has 0 fully saturated rings. The van der Waals surface area contributed by atoms with Gasteiger partial charge in [-0.15, -0.1) is 0 Å². The molecule has 6 N–H and O–H groups in total. The minimum Gasteiger partial charge on any atom is -0.497 e. The summed E-state index contributed by atoms with van der Waals surface area (Å²) in [6, 6.07) is 23.9. The molecule has 222 valence electrons. The molecule has 4 rings (SSSR count). The number of ether oxygens (including phenoxy) is 3. The van der Waals surface area contributed by atoms with E-state index in [-0.39, 0.29) is 30.5 Å². The topological polar surface area (TPSA) is 166 Å². The Bertz CT molecular complexity index is 1560. The number of carbonyl (C=O) groups excluding carboxylic acids is 2. The molecule has 0 saturated heterocycles. The number of aromatic nitrogens is 1. The first-order valence-electron chi connectivity index (χ1n) is 13.5. The zero-order chi connectivity index (χ0) is 30.8. The molecule has 0 bridgehead atoms. The Morgan fingerprint density at radius 2 is 1.72 bits per heavy atom. The van der Waals surface area contributed by atoms with E-state index < -0.39 is 12.0 Å². The molecule has 1 amide bonds. The molecule has 43 heavy (non-hydrogen) atoms. The monoisotopic (exact) mass is 582 g/mol. The molecule has 0 radical (unpaired) electrons. The molecule has 3 aromatic carbocycles. The van der Waals surface area contributed by atoms with E-state index in [1.54, 1.807) is 72.9 Å². The zero-order valence-electron chi connectivity index (χ0n) is 23.9. The maximum absolute atomic E-state index is 13.8. The van der Waals surface area contributed by atoms with Gasteiger partial charge in [0.2, 0.25) is 0 Å². The van der Waals surface area contributed by atoms with Crippen LogP contribution < -0.4 is 35.9 Å². The van der Waals surface area contributed by atoms with Gasteiger partial charge in [-0.25, -0.2) is 4.98 Å². The van der Waals surface area contributed by atoms with Gasteiger partial charge in [0.25, 0.3) is 5.91 Å². The summed E-state index contributed by atoms with van der Waals surface area (Å²) in [5.41, 5.74) is 14.6. The lowest BCUT2D eigenvalue weighted by atomic mass is 10.0. The van der Waals surface area contributed by atoms with E-state index in [0.29, 0.717) is 35.0 Å². The maximum Gasteiger partial charge on any atom is 0.313 e. The summed E-state index contributed by atoms with van der Waals surface area (Å²) in [5, 5.41) is 10.8. The highest BCUT2D eigenvalue weighted by Crippen LogP contribution is 2.31. The van der Waals surface area contributed by atoms with Crippen molar-refractivity contribution in [3.63, 3.8) is 0 Å². The quantitative estimate of drug-likeness (QED) is 0.0784. The largest absolute Gasteiger partial charge is 0.497 e. The van der Waals surface area contributed by atoms with Crippen molar-refractivity contribution in [3.05, 3.63) is 108 Å². The lowest BCUT2D eigenvalue weighted by Gasteiger charge is -2.22. The maximum atomic E-state index is 13.8. The van der Waals surface area contributed by atoms with Crippen molar-refractivity contribution in [1.29, 1.82) is 5.41 Å². The standard InChI is InChI=1S/C32H34N6O5/c1-41-25-13-14-27(42-2)28(19-25)43-30(39)15-17-38(29-8-3-4-16-36-29)32(40)23-7-5-6-22(18-23)26(33)20-37-24-11-9-21(10-12-24)31(34)35/h3-14,16,18-19,26,37H,15,17,20,33H2,1-2H3,(H3,34,35). The number of hydrogen-bond donors (Lipinski definition) is 4. The summed E-state index contributed by atoms with van der Waals surface area (Å²) in [5.74, 6) is 0.595. The number of nitrogens with one attached hydrogen (secondary N) is 2. The molecule has 1 heterocycles. The highest BCUT2D eigenvalue weighted by molar-refractivity contribution is 6.06. The second-order valence-electron chi connectivity index (χ2n) is 9.49. The third-order valence-corrected chi connectivity index (χ3v) is 6.59. The lowest BCUT2D eigenvalue weighted by molar-refractivity contribution is -0.134. The van der Waals surface area contributed by atoms with Crippen LogP contribution in [0.5, 0.6) is 17.2 Å². The van der Waals surface area contributed by atoms with Gasteiger partial charge in [-0.1, -0.05) is 18.2 Å². The molecule has 0 aliphatic rings. The average Bonchev–Trinajstić information content (AvgIpc) is 3.04. The number of hydrogen-bond acceptors (Lipinski definition) is 9. The number of benzene rings is 3. The number of nitrogen functional groups attached to an aromatic ring is 1. The highest BCUT2D eigenvalue weighted by atomic mass is 16.6. The van der Waals surface area contributed by atoms with Crippen LogP contribution in [-0.4, -0.2) is 50.0 Å². The molecular formula is C32H34N6O5. The van der Waals surface area contributed by atoms with Crippen molar-refractivity contribution in [2.45, 2.75) is 12.5 Å². The van der Waals surface area contributed by atoms with Gasteiger partial charge in [-0.05, 0) is 66.2 Å². The fourth-order valence-electron chi connectivity index (χ4n) is 4.25. The number of nitrogens with zero attached hydrogens (tertiary/aromatic N) is 2. The molecule has 11 heteroatoms. The molecular weight excluding hydrogens is 548 g/mol. The van der Waals surface area contributed by atoms with E-state index in [9.17, 15) is 9.59 Å². The minimum atomic E-state index is -0.557. The van der Waals surface area contributed by atoms with Gasteiger partial charge < -0.3 is 31.0 Å². The number of amides is 1. The van der Waals surface area contributed by atoms with E-state index in [1.165, 1.54) is 19.1 Å². The van der Waals surface area contributed by atoms with Crippen molar-refractivity contribution in [3.8, 4) is 17.2 Å². The summed E-state index contributed by atoms with van der Waals surface area (Å²) in [7, 11) is 2.99. The van der Waals surface area contributed by atoms with Crippen molar-refractivity contribution in [2.75, 3.05) is 37.5 Å². The fraction of sp³-hybridized carbons (Fsp3) is 0.188. The number of rotatable bonds is 13. The summed E-state index contributed by atoms with van der Waals surface area (Å²) >= 11 is 0. The number of esters is 1. The highest BCUT2D eigenvalue weighted by Gasteiger charge is 2.22.